The fourth-order valence-corrected chi connectivity index (χ4v) is 2.76. The van der Waals surface area contributed by atoms with Crippen molar-refractivity contribution in [1.29, 1.82) is 0 Å². The smallest absolute Gasteiger partial charge is 0.142 e. The Bertz CT molecular complexity index is 416. The molecule has 0 aromatic heterocycles. The summed E-state index contributed by atoms with van der Waals surface area (Å²) in [5.41, 5.74) is 4.13. The van der Waals surface area contributed by atoms with Gasteiger partial charge < -0.3 is 20.3 Å². The third-order valence-corrected chi connectivity index (χ3v) is 3.75. The highest BCUT2D eigenvalue weighted by Crippen LogP contribution is 2.24. The van der Waals surface area contributed by atoms with Gasteiger partial charge in [-0.2, -0.15) is 0 Å². The van der Waals surface area contributed by atoms with Crippen LogP contribution in [-0.2, 0) is 17.8 Å². The number of ether oxygens (including phenoxy) is 1. The summed E-state index contributed by atoms with van der Waals surface area (Å²) in [6, 6.07) is 6.76. The molecule has 1 aromatic carbocycles. The lowest BCUT2D eigenvalue weighted by Gasteiger charge is -2.35. The number of likely N-dealkylation sites (N-methyl/N-ethyl adjacent to an activating group) is 1. The maximum atomic E-state index is 5.85. The third-order valence-electron chi connectivity index (χ3n) is 3.75. The Morgan fingerprint density at radius 1 is 1.28 bits per heavy atom. The standard InChI is InChI=1S/C14H21N3O/c1-2-17(14-10-15-5-6-18-14)13-4-3-11-8-16-9-12(11)7-13/h3-4,7,14-16H,2,5-6,8-10H2,1H3. The van der Waals surface area contributed by atoms with E-state index < -0.39 is 0 Å². The van der Waals surface area contributed by atoms with Crippen molar-refractivity contribution in [3.8, 4) is 0 Å². The summed E-state index contributed by atoms with van der Waals surface area (Å²) in [5, 5.41) is 6.78. The van der Waals surface area contributed by atoms with Crippen LogP contribution in [-0.4, -0.2) is 32.5 Å². The first-order valence-corrected chi connectivity index (χ1v) is 6.80. The minimum atomic E-state index is 0.163. The second-order valence-electron chi connectivity index (χ2n) is 4.87. The van der Waals surface area contributed by atoms with Crippen LogP contribution < -0.4 is 15.5 Å². The number of rotatable bonds is 3. The Kier molecular flexibility index (Phi) is 3.50. The summed E-state index contributed by atoms with van der Waals surface area (Å²) >= 11 is 0. The van der Waals surface area contributed by atoms with Gasteiger partial charge in [-0.15, -0.1) is 0 Å². The Morgan fingerprint density at radius 3 is 2.94 bits per heavy atom. The molecule has 2 aliphatic rings. The van der Waals surface area contributed by atoms with Gasteiger partial charge >= 0.3 is 0 Å². The van der Waals surface area contributed by atoms with Gasteiger partial charge in [0.25, 0.3) is 0 Å². The van der Waals surface area contributed by atoms with Crippen molar-refractivity contribution >= 4 is 5.69 Å². The molecule has 0 spiro atoms. The van der Waals surface area contributed by atoms with Crippen LogP contribution in [0.5, 0.6) is 0 Å². The van der Waals surface area contributed by atoms with Crippen molar-refractivity contribution in [2.45, 2.75) is 26.2 Å². The predicted molar refractivity (Wildman–Crippen MR) is 72.6 cm³/mol. The molecule has 0 radical (unpaired) electrons. The lowest BCUT2D eigenvalue weighted by atomic mass is 10.1. The highest BCUT2D eigenvalue weighted by Gasteiger charge is 2.21. The van der Waals surface area contributed by atoms with E-state index in [1.807, 2.05) is 0 Å². The van der Waals surface area contributed by atoms with Gasteiger partial charge in [0.1, 0.15) is 6.23 Å². The van der Waals surface area contributed by atoms with Gasteiger partial charge in [-0.3, -0.25) is 0 Å². The average Bonchev–Trinajstić information content (AvgIpc) is 2.88. The molecule has 4 nitrogen and oxygen atoms in total. The Balaban J connectivity index is 1.82. The van der Waals surface area contributed by atoms with E-state index >= 15 is 0 Å². The monoisotopic (exact) mass is 247 g/mol. The van der Waals surface area contributed by atoms with Crippen LogP contribution in [0.3, 0.4) is 0 Å². The number of fused-ring (bicyclic) bond motifs is 1. The van der Waals surface area contributed by atoms with Gasteiger partial charge in [0.2, 0.25) is 0 Å². The largest absolute Gasteiger partial charge is 0.356 e. The molecular weight excluding hydrogens is 226 g/mol. The van der Waals surface area contributed by atoms with Crippen LogP contribution in [0.2, 0.25) is 0 Å². The summed E-state index contributed by atoms with van der Waals surface area (Å²) in [6.45, 7) is 7.81. The zero-order valence-corrected chi connectivity index (χ0v) is 10.9. The zero-order valence-electron chi connectivity index (χ0n) is 10.9. The van der Waals surface area contributed by atoms with Crippen molar-refractivity contribution in [3.05, 3.63) is 29.3 Å². The minimum Gasteiger partial charge on any atom is -0.356 e. The van der Waals surface area contributed by atoms with Gasteiger partial charge in [-0.05, 0) is 30.2 Å². The number of nitrogens with one attached hydrogen (secondary N) is 2. The highest BCUT2D eigenvalue weighted by molar-refractivity contribution is 5.52. The van der Waals surface area contributed by atoms with Gasteiger partial charge in [-0.25, -0.2) is 0 Å². The molecular formula is C14H21N3O. The summed E-state index contributed by atoms with van der Waals surface area (Å²) in [6.07, 6.45) is 0.163. The van der Waals surface area contributed by atoms with Gasteiger partial charge in [0.15, 0.2) is 0 Å². The van der Waals surface area contributed by atoms with E-state index in [0.29, 0.717) is 0 Å². The van der Waals surface area contributed by atoms with Crippen LogP contribution in [0.25, 0.3) is 0 Å². The van der Waals surface area contributed by atoms with Crippen LogP contribution in [0, 0.1) is 0 Å². The maximum absolute atomic E-state index is 5.85. The fourth-order valence-electron chi connectivity index (χ4n) is 2.76. The summed E-state index contributed by atoms with van der Waals surface area (Å²) < 4.78 is 5.85. The van der Waals surface area contributed by atoms with E-state index in [1.54, 1.807) is 0 Å². The quantitative estimate of drug-likeness (QED) is 0.837. The van der Waals surface area contributed by atoms with Crippen molar-refractivity contribution in [2.24, 2.45) is 0 Å². The third kappa shape index (κ3) is 2.23. The molecule has 0 aliphatic carbocycles. The first-order chi connectivity index (χ1) is 8.88. The minimum absolute atomic E-state index is 0.163. The summed E-state index contributed by atoms with van der Waals surface area (Å²) in [5.74, 6) is 0. The molecule has 2 N–H and O–H groups in total. The molecule has 2 heterocycles. The lowest BCUT2D eigenvalue weighted by molar-refractivity contribution is 0.0272. The zero-order chi connectivity index (χ0) is 12.4. The molecule has 0 bridgehead atoms. The van der Waals surface area contributed by atoms with E-state index in [0.717, 1.165) is 39.3 Å². The van der Waals surface area contributed by atoms with Crippen molar-refractivity contribution < 1.29 is 4.74 Å². The van der Waals surface area contributed by atoms with Crippen LogP contribution in [0.15, 0.2) is 18.2 Å². The average molecular weight is 247 g/mol. The summed E-state index contributed by atoms with van der Waals surface area (Å²) in [4.78, 5) is 2.34. The molecule has 1 atom stereocenters. The summed E-state index contributed by atoms with van der Waals surface area (Å²) in [7, 11) is 0. The van der Waals surface area contributed by atoms with Gasteiger partial charge in [0, 0.05) is 38.4 Å². The Morgan fingerprint density at radius 2 is 2.17 bits per heavy atom. The predicted octanol–water partition coefficient (Wildman–Crippen LogP) is 1.06. The highest BCUT2D eigenvalue weighted by atomic mass is 16.5. The van der Waals surface area contributed by atoms with E-state index in [9.17, 15) is 0 Å². The molecule has 1 unspecified atom stereocenters. The fraction of sp³-hybridized carbons (Fsp3) is 0.571. The lowest BCUT2D eigenvalue weighted by Crippen LogP contribution is -2.49. The van der Waals surface area contributed by atoms with Crippen molar-refractivity contribution in [1.82, 2.24) is 10.6 Å². The number of anilines is 1. The number of nitrogens with zero attached hydrogens (tertiary/aromatic N) is 1. The second-order valence-corrected chi connectivity index (χ2v) is 4.87. The molecule has 0 saturated carbocycles. The molecule has 2 aliphatic heterocycles. The first-order valence-electron chi connectivity index (χ1n) is 6.80. The molecule has 98 valence electrons. The molecule has 1 aromatic rings. The van der Waals surface area contributed by atoms with Gasteiger partial charge in [-0.1, -0.05) is 6.07 Å². The second kappa shape index (κ2) is 5.26. The van der Waals surface area contributed by atoms with Crippen molar-refractivity contribution in [3.63, 3.8) is 0 Å². The Labute approximate surface area is 108 Å². The van der Waals surface area contributed by atoms with Crippen LogP contribution >= 0.6 is 0 Å². The molecule has 0 amide bonds. The number of morpholine rings is 1. The normalized spacial score (nSPS) is 22.8. The molecule has 3 rings (SSSR count). The van der Waals surface area contributed by atoms with Gasteiger partial charge in [0.05, 0.1) is 6.61 Å². The molecule has 1 saturated heterocycles. The topological polar surface area (TPSA) is 36.5 Å². The van der Waals surface area contributed by atoms with E-state index in [4.69, 9.17) is 4.74 Å². The van der Waals surface area contributed by atoms with E-state index in [2.05, 4.69) is 40.7 Å². The van der Waals surface area contributed by atoms with Crippen molar-refractivity contribution in [2.75, 3.05) is 31.1 Å². The number of benzene rings is 1. The van der Waals surface area contributed by atoms with Crippen LogP contribution in [0.4, 0.5) is 5.69 Å². The van der Waals surface area contributed by atoms with Crippen LogP contribution in [0.1, 0.15) is 18.1 Å². The number of hydrogen-bond acceptors (Lipinski definition) is 4. The van der Waals surface area contributed by atoms with E-state index in [-0.39, 0.29) is 6.23 Å². The first kappa shape index (κ1) is 12.0. The molecule has 18 heavy (non-hydrogen) atoms. The Hall–Kier alpha value is -1.10. The van der Waals surface area contributed by atoms with E-state index in [1.165, 1.54) is 16.8 Å². The SMILES string of the molecule is CCN(c1ccc2c(c1)CNC2)C1CNCCO1. The molecule has 4 heteroatoms. The maximum Gasteiger partial charge on any atom is 0.142 e. The molecule has 1 fully saturated rings. The number of hydrogen-bond donors (Lipinski definition) is 2.